The van der Waals surface area contributed by atoms with E-state index in [1.807, 2.05) is 12.3 Å². The summed E-state index contributed by atoms with van der Waals surface area (Å²) in [6.07, 6.45) is 2.78. The third-order valence-electron chi connectivity index (χ3n) is 3.16. The third-order valence-corrected chi connectivity index (χ3v) is 3.16. The van der Waals surface area contributed by atoms with Crippen LogP contribution in [0.4, 0.5) is 4.39 Å². The Kier molecular flexibility index (Phi) is 2.72. The molecule has 2 nitrogen and oxygen atoms in total. The Morgan fingerprint density at radius 3 is 2.81 bits per heavy atom. The first kappa shape index (κ1) is 11.1. The monoisotopic (exact) mass is 220 g/mol. The molecule has 0 amide bonds. The number of fused-ring (bicyclic) bond motifs is 1. The second kappa shape index (κ2) is 3.91. The Bertz CT molecular complexity index is 500. The standard InChI is InChI=1S/C13H17FN2/c1-13(2,6-7-15)10-8-16-12-9(10)4-3-5-11(12)14/h3-5,8,16H,6-7,15H2,1-2H3. The maximum absolute atomic E-state index is 13.5. The van der Waals surface area contributed by atoms with Crippen LogP contribution in [0.2, 0.25) is 0 Å². The minimum absolute atomic E-state index is 0.0270. The van der Waals surface area contributed by atoms with Crippen molar-refractivity contribution in [1.82, 2.24) is 4.98 Å². The molecule has 86 valence electrons. The van der Waals surface area contributed by atoms with Crippen molar-refractivity contribution >= 4 is 10.9 Å². The number of halogens is 1. The molecule has 2 aromatic rings. The lowest BCUT2D eigenvalue weighted by atomic mass is 9.81. The molecule has 3 heteroatoms. The molecule has 3 N–H and O–H groups in total. The average molecular weight is 220 g/mol. The van der Waals surface area contributed by atoms with Crippen LogP contribution in [0.15, 0.2) is 24.4 Å². The van der Waals surface area contributed by atoms with Crippen LogP contribution < -0.4 is 5.73 Å². The van der Waals surface area contributed by atoms with Gasteiger partial charge in [-0.25, -0.2) is 4.39 Å². The number of aromatic amines is 1. The minimum atomic E-state index is -0.202. The van der Waals surface area contributed by atoms with E-state index in [1.54, 1.807) is 6.07 Å². The van der Waals surface area contributed by atoms with Crippen LogP contribution in [-0.4, -0.2) is 11.5 Å². The number of benzene rings is 1. The highest BCUT2D eigenvalue weighted by Gasteiger charge is 2.23. The van der Waals surface area contributed by atoms with Crippen molar-refractivity contribution in [3.63, 3.8) is 0 Å². The number of hydrogen-bond donors (Lipinski definition) is 2. The van der Waals surface area contributed by atoms with Crippen LogP contribution in [0, 0.1) is 5.82 Å². The Labute approximate surface area is 94.7 Å². The quantitative estimate of drug-likeness (QED) is 0.820. The van der Waals surface area contributed by atoms with Crippen molar-refractivity contribution in [2.45, 2.75) is 25.7 Å². The molecular weight excluding hydrogens is 203 g/mol. The Morgan fingerprint density at radius 1 is 1.38 bits per heavy atom. The van der Waals surface area contributed by atoms with E-state index in [9.17, 15) is 4.39 Å². The molecule has 1 aromatic carbocycles. The predicted molar refractivity (Wildman–Crippen MR) is 65.0 cm³/mol. The Morgan fingerprint density at radius 2 is 2.12 bits per heavy atom. The summed E-state index contributed by atoms with van der Waals surface area (Å²) in [4.78, 5) is 3.01. The number of nitrogens with one attached hydrogen (secondary N) is 1. The van der Waals surface area contributed by atoms with Gasteiger partial charge in [0.15, 0.2) is 0 Å². The number of H-pyrrole nitrogens is 1. The van der Waals surface area contributed by atoms with Gasteiger partial charge in [0.25, 0.3) is 0 Å². The molecule has 1 heterocycles. The zero-order valence-corrected chi connectivity index (χ0v) is 9.68. The number of para-hydroxylation sites is 1. The second-order valence-electron chi connectivity index (χ2n) is 4.79. The zero-order chi connectivity index (χ0) is 11.8. The van der Waals surface area contributed by atoms with Gasteiger partial charge in [0, 0.05) is 11.6 Å². The number of nitrogens with two attached hydrogens (primary N) is 1. The van der Waals surface area contributed by atoms with Gasteiger partial charge in [-0.15, -0.1) is 0 Å². The normalized spacial score (nSPS) is 12.2. The van der Waals surface area contributed by atoms with E-state index in [0.717, 1.165) is 17.4 Å². The van der Waals surface area contributed by atoms with Crippen LogP contribution in [0.3, 0.4) is 0 Å². The number of aromatic nitrogens is 1. The summed E-state index contributed by atoms with van der Waals surface area (Å²) in [6.45, 7) is 4.90. The largest absolute Gasteiger partial charge is 0.358 e. The van der Waals surface area contributed by atoms with Crippen LogP contribution in [-0.2, 0) is 5.41 Å². The molecule has 16 heavy (non-hydrogen) atoms. The predicted octanol–water partition coefficient (Wildman–Crippen LogP) is 2.93. The molecule has 0 aliphatic carbocycles. The van der Waals surface area contributed by atoms with Gasteiger partial charge >= 0.3 is 0 Å². The van der Waals surface area contributed by atoms with E-state index in [1.165, 1.54) is 6.07 Å². The highest BCUT2D eigenvalue weighted by molar-refractivity contribution is 5.84. The highest BCUT2D eigenvalue weighted by atomic mass is 19.1. The van der Waals surface area contributed by atoms with Crippen molar-refractivity contribution in [2.75, 3.05) is 6.54 Å². The fourth-order valence-electron chi connectivity index (χ4n) is 2.17. The molecule has 0 atom stereocenters. The van der Waals surface area contributed by atoms with E-state index in [4.69, 9.17) is 5.73 Å². The topological polar surface area (TPSA) is 41.8 Å². The van der Waals surface area contributed by atoms with Crippen molar-refractivity contribution in [1.29, 1.82) is 0 Å². The molecule has 1 aromatic heterocycles. The lowest BCUT2D eigenvalue weighted by Crippen LogP contribution is -2.21. The Balaban J connectivity index is 2.58. The van der Waals surface area contributed by atoms with Gasteiger partial charge in [-0.2, -0.15) is 0 Å². The molecule has 0 aliphatic heterocycles. The summed E-state index contributed by atoms with van der Waals surface area (Å²) in [5, 5.41) is 0.957. The van der Waals surface area contributed by atoms with E-state index in [2.05, 4.69) is 18.8 Å². The number of hydrogen-bond acceptors (Lipinski definition) is 1. The Hall–Kier alpha value is -1.35. The molecule has 0 aliphatic rings. The summed E-state index contributed by atoms with van der Waals surface area (Å²) in [5.74, 6) is -0.202. The van der Waals surface area contributed by atoms with Gasteiger partial charge in [0.05, 0.1) is 5.52 Å². The first-order chi connectivity index (χ1) is 7.56. The van der Waals surface area contributed by atoms with Crippen molar-refractivity contribution in [2.24, 2.45) is 5.73 Å². The van der Waals surface area contributed by atoms with Gasteiger partial charge in [0.1, 0.15) is 5.82 Å². The van der Waals surface area contributed by atoms with E-state index in [0.29, 0.717) is 12.1 Å². The average Bonchev–Trinajstić information content (AvgIpc) is 2.63. The highest BCUT2D eigenvalue weighted by Crippen LogP contribution is 2.33. The van der Waals surface area contributed by atoms with Gasteiger partial charge < -0.3 is 10.7 Å². The van der Waals surface area contributed by atoms with Crippen LogP contribution in [0.1, 0.15) is 25.8 Å². The molecule has 0 radical (unpaired) electrons. The lowest BCUT2D eigenvalue weighted by molar-refractivity contribution is 0.491. The summed E-state index contributed by atoms with van der Waals surface area (Å²) >= 11 is 0. The lowest BCUT2D eigenvalue weighted by Gasteiger charge is -2.23. The van der Waals surface area contributed by atoms with Gasteiger partial charge in [-0.1, -0.05) is 26.0 Å². The molecule has 0 spiro atoms. The zero-order valence-electron chi connectivity index (χ0n) is 9.68. The van der Waals surface area contributed by atoms with Crippen molar-refractivity contribution < 1.29 is 4.39 Å². The summed E-state index contributed by atoms with van der Waals surface area (Å²) < 4.78 is 13.5. The molecule has 0 bridgehead atoms. The maximum Gasteiger partial charge on any atom is 0.147 e. The fraction of sp³-hybridized carbons (Fsp3) is 0.385. The number of rotatable bonds is 3. The third kappa shape index (κ3) is 1.71. The van der Waals surface area contributed by atoms with Gasteiger partial charge in [-0.3, -0.25) is 0 Å². The maximum atomic E-state index is 13.5. The molecule has 0 unspecified atom stereocenters. The van der Waals surface area contributed by atoms with E-state index in [-0.39, 0.29) is 11.2 Å². The molecular formula is C13H17FN2. The minimum Gasteiger partial charge on any atom is -0.358 e. The van der Waals surface area contributed by atoms with Crippen LogP contribution >= 0.6 is 0 Å². The first-order valence-corrected chi connectivity index (χ1v) is 5.52. The fourth-order valence-corrected chi connectivity index (χ4v) is 2.17. The van der Waals surface area contributed by atoms with Gasteiger partial charge in [0.2, 0.25) is 0 Å². The molecule has 0 fully saturated rings. The van der Waals surface area contributed by atoms with E-state index >= 15 is 0 Å². The summed E-state index contributed by atoms with van der Waals surface area (Å²) in [6, 6.07) is 5.16. The van der Waals surface area contributed by atoms with Gasteiger partial charge in [-0.05, 0) is 30.0 Å². The first-order valence-electron chi connectivity index (χ1n) is 5.52. The van der Waals surface area contributed by atoms with Crippen LogP contribution in [0.25, 0.3) is 10.9 Å². The molecule has 0 saturated carbocycles. The second-order valence-corrected chi connectivity index (χ2v) is 4.79. The SMILES string of the molecule is CC(C)(CCN)c1c[nH]c2c(F)cccc12. The summed E-state index contributed by atoms with van der Waals surface area (Å²) in [7, 11) is 0. The molecule has 2 rings (SSSR count). The van der Waals surface area contributed by atoms with Crippen molar-refractivity contribution in [3.8, 4) is 0 Å². The van der Waals surface area contributed by atoms with E-state index < -0.39 is 0 Å². The van der Waals surface area contributed by atoms with Crippen molar-refractivity contribution in [3.05, 3.63) is 35.8 Å². The molecule has 0 saturated heterocycles. The smallest absolute Gasteiger partial charge is 0.147 e. The van der Waals surface area contributed by atoms with Crippen LogP contribution in [0.5, 0.6) is 0 Å². The summed E-state index contributed by atoms with van der Waals surface area (Å²) in [5.41, 5.74) is 7.30.